The molecule has 0 amide bonds. The molecule has 0 radical (unpaired) electrons. The Morgan fingerprint density at radius 3 is 2.39 bits per heavy atom. The van der Waals surface area contributed by atoms with Gasteiger partial charge in [-0.05, 0) is 29.7 Å². The van der Waals surface area contributed by atoms with E-state index in [4.69, 9.17) is 23.2 Å². The number of rotatable bonds is 4. The van der Waals surface area contributed by atoms with Crippen LogP contribution in [0.4, 0.5) is 5.69 Å². The Kier molecular flexibility index (Phi) is 4.51. The molecule has 0 unspecified atom stereocenters. The predicted octanol–water partition coefficient (Wildman–Crippen LogP) is 5.17. The van der Waals surface area contributed by atoms with E-state index in [0.29, 0.717) is 10.0 Å². The zero-order chi connectivity index (χ0) is 13.0. The molecule has 0 bridgehead atoms. The molecule has 1 N–H and O–H groups in total. The van der Waals surface area contributed by atoms with Crippen molar-refractivity contribution in [2.45, 2.75) is 19.9 Å². The van der Waals surface area contributed by atoms with Crippen LogP contribution in [0, 0.1) is 0 Å². The minimum Gasteiger partial charge on any atom is -0.380 e. The first-order chi connectivity index (χ1) is 8.72. The van der Waals surface area contributed by atoms with Gasteiger partial charge < -0.3 is 5.32 Å². The molecule has 2 rings (SSSR count). The molecule has 0 saturated carbocycles. The third-order valence-corrected chi connectivity index (χ3v) is 3.74. The van der Waals surface area contributed by atoms with Crippen LogP contribution in [0.3, 0.4) is 0 Å². The summed E-state index contributed by atoms with van der Waals surface area (Å²) in [5.74, 6) is 0. The third kappa shape index (κ3) is 2.98. The monoisotopic (exact) mass is 279 g/mol. The van der Waals surface area contributed by atoms with Gasteiger partial charge in [0.05, 0.1) is 15.7 Å². The van der Waals surface area contributed by atoms with Crippen molar-refractivity contribution < 1.29 is 0 Å². The van der Waals surface area contributed by atoms with Gasteiger partial charge in [0.25, 0.3) is 0 Å². The lowest BCUT2D eigenvalue weighted by Gasteiger charge is -2.12. The molecule has 0 aromatic heterocycles. The van der Waals surface area contributed by atoms with Crippen molar-refractivity contribution in [3.05, 3.63) is 63.6 Å². The average Bonchev–Trinajstić information content (AvgIpc) is 2.41. The highest BCUT2D eigenvalue weighted by Crippen LogP contribution is 2.29. The fraction of sp³-hybridized carbons (Fsp3) is 0.200. The molecule has 2 aromatic rings. The molecule has 0 atom stereocenters. The van der Waals surface area contributed by atoms with Crippen LogP contribution < -0.4 is 5.32 Å². The van der Waals surface area contributed by atoms with E-state index in [0.717, 1.165) is 18.7 Å². The Bertz CT molecular complexity index is 538. The van der Waals surface area contributed by atoms with Gasteiger partial charge in [-0.1, -0.05) is 60.5 Å². The Hall–Kier alpha value is -1.18. The lowest BCUT2D eigenvalue weighted by molar-refractivity contribution is 1.04. The summed E-state index contributed by atoms with van der Waals surface area (Å²) >= 11 is 12.1. The summed E-state index contributed by atoms with van der Waals surface area (Å²) in [7, 11) is 0. The summed E-state index contributed by atoms with van der Waals surface area (Å²) in [5.41, 5.74) is 3.51. The standard InChI is InChI=1S/C15H15Cl2N/c1-2-11-6-3-4-7-12(11)10-18-14-9-5-8-13(16)15(14)17/h3-9,18H,2,10H2,1H3. The van der Waals surface area contributed by atoms with E-state index >= 15 is 0 Å². The molecule has 0 aliphatic carbocycles. The SMILES string of the molecule is CCc1ccccc1CNc1cccc(Cl)c1Cl. The normalized spacial score (nSPS) is 10.4. The summed E-state index contributed by atoms with van der Waals surface area (Å²) in [5, 5.41) is 4.48. The van der Waals surface area contributed by atoms with Crippen LogP contribution in [-0.2, 0) is 13.0 Å². The van der Waals surface area contributed by atoms with Gasteiger partial charge in [-0.3, -0.25) is 0 Å². The Morgan fingerprint density at radius 2 is 1.67 bits per heavy atom. The summed E-state index contributed by atoms with van der Waals surface area (Å²) in [4.78, 5) is 0. The number of hydrogen-bond donors (Lipinski definition) is 1. The number of aryl methyl sites for hydroxylation is 1. The average molecular weight is 280 g/mol. The van der Waals surface area contributed by atoms with Gasteiger partial charge in [0.1, 0.15) is 0 Å². The lowest BCUT2D eigenvalue weighted by Crippen LogP contribution is -2.02. The van der Waals surface area contributed by atoms with Crippen LogP contribution in [0.1, 0.15) is 18.1 Å². The van der Waals surface area contributed by atoms with Gasteiger partial charge in [-0.25, -0.2) is 0 Å². The molecular weight excluding hydrogens is 265 g/mol. The minimum atomic E-state index is 0.574. The fourth-order valence-electron chi connectivity index (χ4n) is 1.91. The number of halogens is 2. The molecule has 0 aliphatic heterocycles. The van der Waals surface area contributed by atoms with Crippen molar-refractivity contribution in [3.63, 3.8) is 0 Å². The van der Waals surface area contributed by atoms with Crippen molar-refractivity contribution in [2.24, 2.45) is 0 Å². The molecular formula is C15H15Cl2N. The number of nitrogens with one attached hydrogen (secondary N) is 1. The maximum atomic E-state index is 6.14. The van der Waals surface area contributed by atoms with Crippen LogP contribution in [0.5, 0.6) is 0 Å². The van der Waals surface area contributed by atoms with Crippen LogP contribution in [0.2, 0.25) is 10.0 Å². The topological polar surface area (TPSA) is 12.0 Å². The Labute approximate surface area is 118 Å². The van der Waals surface area contributed by atoms with Crippen LogP contribution in [-0.4, -0.2) is 0 Å². The van der Waals surface area contributed by atoms with Gasteiger partial charge in [0, 0.05) is 6.54 Å². The van der Waals surface area contributed by atoms with E-state index in [9.17, 15) is 0 Å². The largest absolute Gasteiger partial charge is 0.380 e. The summed E-state index contributed by atoms with van der Waals surface area (Å²) in [6, 6.07) is 14.0. The second-order valence-electron chi connectivity index (χ2n) is 4.08. The van der Waals surface area contributed by atoms with E-state index in [1.54, 1.807) is 6.07 Å². The second-order valence-corrected chi connectivity index (χ2v) is 4.86. The third-order valence-electron chi connectivity index (χ3n) is 2.92. The van der Waals surface area contributed by atoms with Crippen molar-refractivity contribution in [1.82, 2.24) is 0 Å². The smallest absolute Gasteiger partial charge is 0.0823 e. The van der Waals surface area contributed by atoms with Crippen molar-refractivity contribution >= 4 is 28.9 Å². The lowest BCUT2D eigenvalue weighted by atomic mass is 10.1. The summed E-state index contributed by atoms with van der Waals surface area (Å²) in [6.45, 7) is 2.91. The maximum absolute atomic E-state index is 6.14. The highest BCUT2D eigenvalue weighted by Gasteiger charge is 2.05. The van der Waals surface area contributed by atoms with Crippen molar-refractivity contribution in [1.29, 1.82) is 0 Å². The molecule has 0 fully saturated rings. The Balaban J connectivity index is 2.14. The first-order valence-electron chi connectivity index (χ1n) is 5.97. The van der Waals surface area contributed by atoms with E-state index < -0.39 is 0 Å². The minimum absolute atomic E-state index is 0.574. The van der Waals surface area contributed by atoms with Gasteiger partial charge in [-0.2, -0.15) is 0 Å². The fourth-order valence-corrected chi connectivity index (χ4v) is 2.27. The molecule has 94 valence electrons. The highest BCUT2D eigenvalue weighted by atomic mass is 35.5. The molecule has 18 heavy (non-hydrogen) atoms. The Morgan fingerprint density at radius 1 is 0.944 bits per heavy atom. The van der Waals surface area contributed by atoms with Crippen LogP contribution >= 0.6 is 23.2 Å². The van der Waals surface area contributed by atoms with Crippen LogP contribution in [0.25, 0.3) is 0 Å². The summed E-state index contributed by atoms with van der Waals surface area (Å²) in [6.07, 6.45) is 1.03. The van der Waals surface area contributed by atoms with Crippen molar-refractivity contribution in [2.75, 3.05) is 5.32 Å². The molecule has 0 aliphatic rings. The van der Waals surface area contributed by atoms with Gasteiger partial charge >= 0.3 is 0 Å². The van der Waals surface area contributed by atoms with E-state index in [1.165, 1.54) is 11.1 Å². The first-order valence-corrected chi connectivity index (χ1v) is 6.72. The molecule has 0 saturated heterocycles. The number of anilines is 1. The predicted molar refractivity (Wildman–Crippen MR) is 79.6 cm³/mol. The zero-order valence-corrected chi connectivity index (χ0v) is 11.7. The maximum Gasteiger partial charge on any atom is 0.0823 e. The van der Waals surface area contributed by atoms with Crippen LogP contribution in [0.15, 0.2) is 42.5 Å². The summed E-state index contributed by atoms with van der Waals surface area (Å²) < 4.78 is 0. The quantitative estimate of drug-likeness (QED) is 0.814. The van der Waals surface area contributed by atoms with Gasteiger partial charge in [0.15, 0.2) is 0 Å². The molecule has 3 heteroatoms. The molecule has 0 spiro atoms. The molecule has 1 nitrogen and oxygen atoms in total. The number of benzene rings is 2. The zero-order valence-electron chi connectivity index (χ0n) is 10.2. The van der Waals surface area contributed by atoms with E-state index in [-0.39, 0.29) is 0 Å². The first kappa shape index (κ1) is 13.3. The molecule has 0 heterocycles. The van der Waals surface area contributed by atoms with Crippen molar-refractivity contribution in [3.8, 4) is 0 Å². The van der Waals surface area contributed by atoms with E-state index in [2.05, 4.69) is 36.5 Å². The van der Waals surface area contributed by atoms with Gasteiger partial charge in [0.2, 0.25) is 0 Å². The second kappa shape index (κ2) is 6.12. The number of hydrogen-bond acceptors (Lipinski definition) is 1. The molecule has 2 aromatic carbocycles. The highest BCUT2D eigenvalue weighted by molar-refractivity contribution is 6.43. The van der Waals surface area contributed by atoms with Gasteiger partial charge in [-0.15, -0.1) is 0 Å². The van der Waals surface area contributed by atoms with E-state index in [1.807, 2.05) is 12.1 Å².